The van der Waals surface area contributed by atoms with Crippen LogP contribution in [0, 0.1) is 0 Å². The van der Waals surface area contributed by atoms with Gasteiger partial charge in [0.15, 0.2) is 4.34 Å². The van der Waals surface area contributed by atoms with E-state index in [-0.39, 0.29) is 5.91 Å². The van der Waals surface area contributed by atoms with Crippen LogP contribution < -0.4 is 5.32 Å². The van der Waals surface area contributed by atoms with Gasteiger partial charge in [0.2, 0.25) is 5.13 Å². The first kappa shape index (κ1) is 16.3. The van der Waals surface area contributed by atoms with Crippen LogP contribution in [0.4, 0.5) is 5.13 Å². The third-order valence-corrected chi connectivity index (χ3v) is 6.66. The molecule has 0 aliphatic rings. The molecular formula is C18H13N3OS3. The van der Waals surface area contributed by atoms with Gasteiger partial charge in [0, 0.05) is 16.2 Å². The number of nitrogens with one attached hydrogen (secondary N) is 1. The van der Waals surface area contributed by atoms with Crippen molar-refractivity contribution in [1.82, 2.24) is 10.2 Å². The van der Waals surface area contributed by atoms with E-state index < -0.39 is 0 Å². The van der Waals surface area contributed by atoms with E-state index in [1.54, 1.807) is 23.1 Å². The fraction of sp³-hybridized carbons (Fsp3) is 0.0556. The molecule has 4 rings (SSSR count). The third kappa shape index (κ3) is 3.73. The number of nitrogens with zero attached hydrogens (tertiary/aromatic N) is 2. The van der Waals surface area contributed by atoms with Crippen molar-refractivity contribution in [2.24, 2.45) is 0 Å². The van der Waals surface area contributed by atoms with Gasteiger partial charge in [-0.05, 0) is 28.3 Å². The number of hydrogen-bond acceptors (Lipinski definition) is 6. The first-order valence-corrected chi connectivity index (χ1v) is 10.3. The molecule has 2 aromatic carbocycles. The van der Waals surface area contributed by atoms with E-state index in [2.05, 4.69) is 27.0 Å². The number of aromatic nitrogens is 2. The SMILES string of the molecule is O=C(Nc1nnc(SCc2cccs2)s1)c1cccc2ccccc12. The average molecular weight is 384 g/mol. The Morgan fingerprint density at radius 2 is 1.92 bits per heavy atom. The number of carbonyl (C=O) groups is 1. The number of thioether (sulfide) groups is 1. The fourth-order valence-electron chi connectivity index (χ4n) is 2.43. The topological polar surface area (TPSA) is 54.9 Å². The summed E-state index contributed by atoms with van der Waals surface area (Å²) in [5, 5.41) is 15.6. The van der Waals surface area contributed by atoms with Gasteiger partial charge in [0.05, 0.1) is 0 Å². The summed E-state index contributed by atoms with van der Waals surface area (Å²) in [4.78, 5) is 13.9. The highest BCUT2D eigenvalue weighted by molar-refractivity contribution is 8.00. The molecule has 4 nitrogen and oxygen atoms in total. The number of rotatable bonds is 5. The lowest BCUT2D eigenvalue weighted by atomic mass is 10.0. The van der Waals surface area contributed by atoms with Crippen molar-refractivity contribution >= 4 is 56.2 Å². The third-order valence-electron chi connectivity index (χ3n) is 3.58. The van der Waals surface area contributed by atoms with E-state index in [1.165, 1.54) is 16.2 Å². The van der Waals surface area contributed by atoms with Crippen LogP contribution in [0.2, 0.25) is 0 Å². The molecule has 0 saturated carbocycles. The van der Waals surface area contributed by atoms with Crippen molar-refractivity contribution < 1.29 is 4.79 Å². The second-order valence-electron chi connectivity index (χ2n) is 5.22. The van der Waals surface area contributed by atoms with Gasteiger partial charge in [0.1, 0.15) is 0 Å². The quantitative estimate of drug-likeness (QED) is 0.375. The maximum Gasteiger partial charge on any atom is 0.258 e. The van der Waals surface area contributed by atoms with Crippen LogP contribution in [0.15, 0.2) is 64.3 Å². The molecule has 1 amide bonds. The van der Waals surface area contributed by atoms with E-state index in [0.29, 0.717) is 10.7 Å². The van der Waals surface area contributed by atoms with Crippen molar-refractivity contribution in [2.75, 3.05) is 5.32 Å². The Bertz CT molecular complexity index is 1010. The minimum atomic E-state index is -0.164. The van der Waals surface area contributed by atoms with Crippen LogP contribution in [0.25, 0.3) is 10.8 Å². The zero-order valence-corrected chi connectivity index (χ0v) is 15.5. The number of fused-ring (bicyclic) bond motifs is 1. The second kappa shape index (κ2) is 7.35. The van der Waals surface area contributed by atoms with Gasteiger partial charge in [-0.15, -0.1) is 21.5 Å². The summed E-state index contributed by atoms with van der Waals surface area (Å²) in [6.45, 7) is 0. The van der Waals surface area contributed by atoms with Gasteiger partial charge >= 0.3 is 0 Å². The maximum absolute atomic E-state index is 12.6. The van der Waals surface area contributed by atoms with E-state index >= 15 is 0 Å². The number of anilines is 1. The number of thiophene rings is 1. The highest BCUT2D eigenvalue weighted by atomic mass is 32.2. The van der Waals surface area contributed by atoms with Crippen LogP contribution in [-0.4, -0.2) is 16.1 Å². The van der Waals surface area contributed by atoms with Crippen molar-refractivity contribution in [3.05, 3.63) is 70.4 Å². The summed E-state index contributed by atoms with van der Waals surface area (Å²) in [7, 11) is 0. The molecule has 0 bridgehead atoms. The Morgan fingerprint density at radius 3 is 2.80 bits per heavy atom. The summed E-state index contributed by atoms with van der Waals surface area (Å²) in [5.41, 5.74) is 0.640. The van der Waals surface area contributed by atoms with Crippen LogP contribution in [0.3, 0.4) is 0 Å². The van der Waals surface area contributed by atoms with Gasteiger partial charge in [-0.2, -0.15) is 0 Å². The van der Waals surface area contributed by atoms with Crippen LogP contribution in [-0.2, 0) is 5.75 Å². The molecule has 0 aliphatic carbocycles. The summed E-state index contributed by atoms with van der Waals surface area (Å²) in [6.07, 6.45) is 0. The Labute approximate surface area is 156 Å². The van der Waals surface area contributed by atoms with E-state index in [0.717, 1.165) is 20.9 Å². The normalized spacial score (nSPS) is 10.9. The zero-order chi connectivity index (χ0) is 17.1. The predicted molar refractivity (Wildman–Crippen MR) is 106 cm³/mol. The van der Waals surface area contributed by atoms with Crippen molar-refractivity contribution in [1.29, 1.82) is 0 Å². The monoisotopic (exact) mass is 383 g/mol. The lowest BCUT2D eigenvalue weighted by molar-refractivity contribution is 0.102. The minimum absolute atomic E-state index is 0.164. The summed E-state index contributed by atoms with van der Waals surface area (Å²) in [6, 6.07) is 17.7. The molecule has 1 N–H and O–H groups in total. The molecule has 0 spiro atoms. The smallest absolute Gasteiger partial charge is 0.258 e. The van der Waals surface area contributed by atoms with Crippen molar-refractivity contribution in [2.45, 2.75) is 10.1 Å². The highest BCUT2D eigenvalue weighted by Crippen LogP contribution is 2.30. The number of hydrogen-bond donors (Lipinski definition) is 1. The summed E-state index contributed by atoms with van der Waals surface area (Å²) >= 11 is 4.75. The van der Waals surface area contributed by atoms with Gasteiger partial charge in [-0.25, -0.2) is 0 Å². The van der Waals surface area contributed by atoms with E-state index in [4.69, 9.17) is 0 Å². The highest BCUT2D eigenvalue weighted by Gasteiger charge is 2.13. The van der Waals surface area contributed by atoms with Crippen LogP contribution in [0.5, 0.6) is 0 Å². The molecule has 0 fully saturated rings. The molecule has 124 valence electrons. The number of carbonyl (C=O) groups excluding carboxylic acids is 1. The standard InChI is InChI=1S/C18H13N3OS3/c22-16(15-9-3-6-12-5-1-2-8-14(12)15)19-17-20-21-18(25-17)24-11-13-7-4-10-23-13/h1-10H,11H2,(H,19,20,22). The molecule has 2 heterocycles. The number of amides is 1. The summed E-state index contributed by atoms with van der Waals surface area (Å²) in [5.74, 6) is 0.701. The van der Waals surface area contributed by atoms with Crippen LogP contribution >= 0.6 is 34.4 Å². The fourth-order valence-corrected chi connectivity index (χ4v) is 4.95. The van der Waals surface area contributed by atoms with Crippen LogP contribution in [0.1, 0.15) is 15.2 Å². The molecule has 2 aromatic heterocycles. The molecule has 0 aliphatic heterocycles. The summed E-state index contributed by atoms with van der Waals surface area (Å²) < 4.78 is 0.849. The first-order valence-electron chi connectivity index (χ1n) is 7.57. The van der Waals surface area contributed by atoms with Gasteiger partial charge in [-0.1, -0.05) is 65.6 Å². The number of benzene rings is 2. The molecule has 7 heteroatoms. The molecular weight excluding hydrogens is 370 g/mol. The zero-order valence-electron chi connectivity index (χ0n) is 13.0. The molecule has 25 heavy (non-hydrogen) atoms. The van der Waals surface area contributed by atoms with E-state index in [9.17, 15) is 4.79 Å². The molecule has 0 unspecified atom stereocenters. The predicted octanol–water partition coefficient (Wildman–Crippen LogP) is 5.30. The van der Waals surface area contributed by atoms with Gasteiger partial charge in [-0.3, -0.25) is 10.1 Å². The van der Waals surface area contributed by atoms with Crippen molar-refractivity contribution in [3.8, 4) is 0 Å². The van der Waals surface area contributed by atoms with Gasteiger partial charge in [0.25, 0.3) is 5.91 Å². The second-order valence-corrected chi connectivity index (χ2v) is 8.45. The van der Waals surface area contributed by atoms with Crippen molar-refractivity contribution in [3.63, 3.8) is 0 Å². The average Bonchev–Trinajstić information content (AvgIpc) is 3.31. The first-order chi connectivity index (χ1) is 12.3. The Hall–Kier alpha value is -2.22. The Balaban J connectivity index is 1.47. The maximum atomic E-state index is 12.6. The lowest BCUT2D eigenvalue weighted by Crippen LogP contribution is -2.12. The van der Waals surface area contributed by atoms with E-state index in [1.807, 2.05) is 48.5 Å². The van der Waals surface area contributed by atoms with Gasteiger partial charge < -0.3 is 0 Å². The molecule has 0 saturated heterocycles. The largest absolute Gasteiger partial charge is 0.296 e. The Kier molecular flexibility index (Phi) is 4.78. The molecule has 4 aromatic rings. The lowest BCUT2D eigenvalue weighted by Gasteiger charge is -2.05. The molecule has 0 radical (unpaired) electrons. The Morgan fingerprint density at radius 1 is 1.04 bits per heavy atom. The minimum Gasteiger partial charge on any atom is -0.296 e. The molecule has 0 atom stereocenters.